The molecule has 0 fully saturated rings. The lowest BCUT2D eigenvalue weighted by atomic mass is 10.1. The predicted molar refractivity (Wildman–Crippen MR) is 117 cm³/mol. The Balaban J connectivity index is 1.89. The van der Waals surface area contributed by atoms with Crippen LogP contribution in [0.1, 0.15) is 17.3 Å². The molecule has 2 aromatic carbocycles. The third kappa shape index (κ3) is 3.87. The van der Waals surface area contributed by atoms with Crippen molar-refractivity contribution in [2.75, 3.05) is 26.1 Å². The molecule has 0 saturated heterocycles. The molecule has 2 aromatic heterocycles. The molecule has 4 aromatic rings. The Morgan fingerprint density at radius 1 is 1.03 bits per heavy atom. The van der Waals surface area contributed by atoms with Crippen LogP contribution in [0.4, 0.5) is 11.5 Å². The average molecular weight is 418 g/mol. The quantitative estimate of drug-likeness (QED) is 0.447. The number of rotatable bonds is 7. The van der Waals surface area contributed by atoms with Crippen molar-refractivity contribution in [3.63, 3.8) is 0 Å². The number of fused-ring (bicyclic) bond motifs is 1. The number of hydrogen-bond acceptors (Lipinski definition) is 7. The Morgan fingerprint density at radius 2 is 1.81 bits per heavy atom. The van der Waals surface area contributed by atoms with Gasteiger partial charge in [-0.3, -0.25) is 0 Å². The summed E-state index contributed by atoms with van der Waals surface area (Å²) in [6.45, 7) is 2.01. The standard InChI is InChI=1S/C23H22N4O4/c1-4-31-23(28)20-21(25-16-8-6-5-7-9-16)26-27-17(12-13-24-22(20)27)15-10-11-18(29-2)19(14-15)30-3/h5-14H,4H2,1-3H3,(H,25,26). The zero-order chi connectivity index (χ0) is 21.8. The van der Waals surface area contributed by atoms with E-state index in [-0.39, 0.29) is 12.2 Å². The van der Waals surface area contributed by atoms with E-state index in [0.29, 0.717) is 23.0 Å². The molecule has 0 aliphatic rings. The monoisotopic (exact) mass is 418 g/mol. The largest absolute Gasteiger partial charge is 0.493 e. The number of benzene rings is 2. The molecule has 0 atom stereocenters. The fraction of sp³-hybridized carbons (Fsp3) is 0.174. The number of nitrogens with zero attached hydrogens (tertiary/aromatic N) is 3. The number of anilines is 2. The number of carbonyl (C=O) groups is 1. The Labute approximate surface area is 179 Å². The van der Waals surface area contributed by atoms with E-state index in [1.807, 2.05) is 54.6 Å². The van der Waals surface area contributed by atoms with Gasteiger partial charge >= 0.3 is 5.97 Å². The highest BCUT2D eigenvalue weighted by molar-refractivity contribution is 6.02. The minimum Gasteiger partial charge on any atom is -0.493 e. The maximum atomic E-state index is 12.8. The predicted octanol–water partition coefficient (Wildman–Crippen LogP) is 4.33. The molecule has 0 aliphatic carbocycles. The van der Waals surface area contributed by atoms with Crippen LogP contribution >= 0.6 is 0 Å². The number of hydrogen-bond donors (Lipinski definition) is 1. The molecule has 0 aliphatic heterocycles. The van der Waals surface area contributed by atoms with Gasteiger partial charge in [-0.2, -0.15) is 0 Å². The zero-order valence-corrected chi connectivity index (χ0v) is 17.5. The second kappa shape index (κ2) is 8.74. The van der Waals surface area contributed by atoms with Crippen LogP contribution in [0.15, 0.2) is 60.8 Å². The van der Waals surface area contributed by atoms with Gasteiger partial charge in [0.25, 0.3) is 0 Å². The normalized spacial score (nSPS) is 10.7. The molecule has 0 radical (unpaired) electrons. The van der Waals surface area contributed by atoms with Crippen molar-refractivity contribution < 1.29 is 19.0 Å². The summed E-state index contributed by atoms with van der Waals surface area (Å²) in [5.74, 6) is 1.08. The minimum absolute atomic E-state index is 0.246. The van der Waals surface area contributed by atoms with Crippen molar-refractivity contribution in [3.8, 4) is 22.8 Å². The lowest BCUT2D eigenvalue weighted by Gasteiger charge is -2.10. The van der Waals surface area contributed by atoms with Crippen LogP contribution in [-0.2, 0) is 4.74 Å². The van der Waals surface area contributed by atoms with Crippen LogP contribution in [0.3, 0.4) is 0 Å². The van der Waals surface area contributed by atoms with E-state index in [2.05, 4.69) is 15.4 Å². The van der Waals surface area contributed by atoms with E-state index in [4.69, 9.17) is 14.2 Å². The van der Waals surface area contributed by atoms with Crippen LogP contribution in [0.25, 0.3) is 16.9 Å². The Kier molecular flexibility index (Phi) is 5.70. The van der Waals surface area contributed by atoms with Gasteiger partial charge in [0.15, 0.2) is 23.0 Å². The fourth-order valence-corrected chi connectivity index (χ4v) is 3.30. The number of ether oxygens (including phenoxy) is 3. The van der Waals surface area contributed by atoms with Gasteiger partial charge in [-0.15, -0.1) is 5.10 Å². The first-order chi connectivity index (χ1) is 15.2. The van der Waals surface area contributed by atoms with Crippen LogP contribution < -0.4 is 14.8 Å². The first-order valence-corrected chi connectivity index (χ1v) is 9.75. The van der Waals surface area contributed by atoms with E-state index >= 15 is 0 Å². The summed E-state index contributed by atoms with van der Waals surface area (Å²) in [5, 5.41) is 7.86. The van der Waals surface area contributed by atoms with Crippen molar-refractivity contribution in [3.05, 3.63) is 66.4 Å². The zero-order valence-electron chi connectivity index (χ0n) is 17.5. The molecule has 1 N–H and O–H groups in total. The first-order valence-electron chi connectivity index (χ1n) is 9.75. The summed E-state index contributed by atoms with van der Waals surface area (Å²) < 4.78 is 17.7. The lowest BCUT2D eigenvalue weighted by Crippen LogP contribution is -2.07. The number of para-hydroxylation sites is 1. The molecular weight excluding hydrogens is 396 g/mol. The summed E-state index contributed by atoms with van der Waals surface area (Å²) in [7, 11) is 3.17. The topological polar surface area (TPSA) is 87.0 Å². The molecule has 0 unspecified atom stereocenters. The smallest absolute Gasteiger partial charge is 0.345 e. The molecule has 0 saturated carbocycles. The van der Waals surface area contributed by atoms with E-state index in [1.165, 1.54) is 0 Å². The molecule has 8 nitrogen and oxygen atoms in total. The van der Waals surface area contributed by atoms with Crippen molar-refractivity contribution in [1.82, 2.24) is 14.6 Å². The summed E-state index contributed by atoms with van der Waals surface area (Å²) in [5.41, 5.74) is 3.02. The van der Waals surface area contributed by atoms with Crippen molar-refractivity contribution in [1.29, 1.82) is 0 Å². The van der Waals surface area contributed by atoms with Crippen molar-refractivity contribution in [2.24, 2.45) is 0 Å². The maximum Gasteiger partial charge on any atom is 0.345 e. The van der Waals surface area contributed by atoms with Gasteiger partial charge in [-0.25, -0.2) is 14.3 Å². The van der Waals surface area contributed by atoms with Crippen molar-refractivity contribution in [2.45, 2.75) is 6.92 Å². The highest BCUT2D eigenvalue weighted by atomic mass is 16.5. The van der Waals surface area contributed by atoms with Gasteiger partial charge in [0.2, 0.25) is 0 Å². The molecule has 8 heteroatoms. The van der Waals surface area contributed by atoms with Gasteiger partial charge < -0.3 is 19.5 Å². The molecule has 0 amide bonds. The second-order valence-corrected chi connectivity index (χ2v) is 6.57. The Bertz CT molecular complexity index is 1220. The van der Waals surface area contributed by atoms with Gasteiger partial charge in [0, 0.05) is 17.4 Å². The maximum absolute atomic E-state index is 12.8. The number of nitrogens with one attached hydrogen (secondary N) is 1. The summed E-state index contributed by atoms with van der Waals surface area (Å²) in [6.07, 6.45) is 1.64. The van der Waals surface area contributed by atoms with Gasteiger partial charge in [-0.05, 0) is 43.3 Å². The number of methoxy groups -OCH3 is 2. The SMILES string of the molecule is CCOC(=O)c1c(Nc2ccccc2)nn2c(-c3ccc(OC)c(OC)c3)ccnc12. The summed E-state index contributed by atoms with van der Waals surface area (Å²) >= 11 is 0. The minimum atomic E-state index is -0.493. The molecule has 31 heavy (non-hydrogen) atoms. The van der Waals surface area contributed by atoms with Crippen molar-refractivity contribution >= 4 is 23.1 Å². The first kappa shape index (κ1) is 20.2. The van der Waals surface area contributed by atoms with Gasteiger partial charge in [0.1, 0.15) is 5.56 Å². The van der Waals surface area contributed by atoms with Gasteiger partial charge in [-0.1, -0.05) is 18.2 Å². The Morgan fingerprint density at radius 3 is 2.52 bits per heavy atom. The second-order valence-electron chi connectivity index (χ2n) is 6.57. The lowest BCUT2D eigenvalue weighted by molar-refractivity contribution is 0.0529. The van der Waals surface area contributed by atoms with Crippen LogP contribution in [0, 0.1) is 0 Å². The van der Waals surface area contributed by atoms with E-state index in [1.54, 1.807) is 31.9 Å². The number of esters is 1. The molecule has 0 spiro atoms. The summed E-state index contributed by atoms with van der Waals surface area (Å²) in [4.78, 5) is 17.2. The molecule has 158 valence electrons. The van der Waals surface area contributed by atoms with E-state index in [9.17, 15) is 4.79 Å². The molecule has 2 heterocycles. The Hall–Kier alpha value is -4.07. The van der Waals surface area contributed by atoms with Crippen LogP contribution in [0.2, 0.25) is 0 Å². The number of aromatic nitrogens is 3. The highest BCUT2D eigenvalue weighted by Gasteiger charge is 2.24. The highest BCUT2D eigenvalue weighted by Crippen LogP contribution is 2.33. The third-order valence-corrected chi connectivity index (χ3v) is 4.71. The van der Waals surface area contributed by atoms with E-state index < -0.39 is 5.97 Å². The van der Waals surface area contributed by atoms with Crippen LogP contribution in [0.5, 0.6) is 11.5 Å². The fourth-order valence-electron chi connectivity index (χ4n) is 3.30. The third-order valence-electron chi connectivity index (χ3n) is 4.71. The van der Waals surface area contributed by atoms with Crippen LogP contribution in [-0.4, -0.2) is 41.4 Å². The molecule has 4 rings (SSSR count). The van der Waals surface area contributed by atoms with Gasteiger partial charge in [0.05, 0.1) is 26.5 Å². The summed E-state index contributed by atoms with van der Waals surface area (Å²) in [6, 6.07) is 16.9. The molecule has 0 bridgehead atoms. The van der Waals surface area contributed by atoms with E-state index in [0.717, 1.165) is 16.9 Å². The average Bonchev–Trinajstić information content (AvgIpc) is 3.17. The number of carbonyl (C=O) groups excluding carboxylic acids is 1. The molecular formula is C23H22N4O4.